The highest BCUT2D eigenvalue weighted by Gasteiger charge is 2.10. The van der Waals surface area contributed by atoms with Gasteiger partial charge in [-0.2, -0.15) is 0 Å². The Hall–Kier alpha value is -1.06. The zero-order valence-corrected chi connectivity index (χ0v) is 9.99. The van der Waals surface area contributed by atoms with E-state index in [0.29, 0.717) is 0 Å². The average Bonchev–Trinajstić information content (AvgIpc) is 2.74. The maximum absolute atomic E-state index is 6.10. The van der Waals surface area contributed by atoms with Gasteiger partial charge in [-0.1, -0.05) is 28.1 Å². The summed E-state index contributed by atoms with van der Waals surface area (Å²) in [6.45, 7) is 2.05. The van der Waals surface area contributed by atoms with Crippen molar-refractivity contribution in [3.05, 3.63) is 58.0 Å². The van der Waals surface area contributed by atoms with Gasteiger partial charge < -0.3 is 10.2 Å². The summed E-state index contributed by atoms with van der Waals surface area (Å²) < 4.78 is 6.12. The normalized spacial score (nSPS) is 12.7. The summed E-state index contributed by atoms with van der Waals surface area (Å²) in [6.07, 6.45) is 3.32. The lowest BCUT2D eigenvalue weighted by atomic mass is 10.0. The zero-order valence-electron chi connectivity index (χ0n) is 8.41. The molecule has 2 aromatic rings. The number of nitrogens with two attached hydrogens (primary N) is 1. The molecule has 0 saturated heterocycles. The number of rotatable bonds is 2. The molecule has 15 heavy (non-hydrogen) atoms. The SMILES string of the molecule is Cc1cc(C(N)c2ccoc2)ccc1Br. The molecule has 0 radical (unpaired) electrons. The predicted molar refractivity (Wildman–Crippen MR) is 63.6 cm³/mol. The third-order valence-corrected chi connectivity index (χ3v) is 3.33. The summed E-state index contributed by atoms with van der Waals surface area (Å²) >= 11 is 3.47. The van der Waals surface area contributed by atoms with Crippen LogP contribution in [0, 0.1) is 6.92 Å². The first-order valence-electron chi connectivity index (χ1n) is 4.72. The molecule has 1 unspecified atom stereocenters. The lowest BCUT2D eigenvalue weighted by Gasteiger charge is -2.11. The standard InChI is InChI=1S/C12H12BrNO/c1-8-6-9(2-3-11(8)13)12(14)10-4-5-15-7-10/h2-7,12H,14H2,1H3. The van der Waals surface area contributed by atoms with Gasteiger partial charge in [0.15, 0.2) is 0 Å². The Morgan fingerprint density at radius 2 is 2.07 bits per heavy atom. The molecule has 2 rings (SSSR count). The van der Waals surface area contributed by atoms with E-state index in [1.165, 1.54) is 5.56 Å². The minimum atomic E-state index is -0.115. The van der Waals surface area contributed by atoms with E-state index in [4.69, 9.17) is 10.2 Å². The zero-order chi connectivity index (χ0) is 10.8. The lowest BCUT2D eigenvalue weighted by Crippen LogP contribution is -2.10. The summed E-state index contributed by atoms with van der Waals surface area (Å²) in [7, 11) is 0. The van der Waals surface area contributed by atoms with Gasteiger partial charge in [-0.05, 0) is 30.2 Å². The van der Waals surface area contributed by atoms with E-state index < -0.39 is 0 Å². The molecule has 0 bridgehead atoms. The van der Waals surface area contributed by atoms with E-state index in [0.717, 1.165) is 15.6 Å². The van der Waals surface area contributed by atoms with E-state index in [2.05, 4.69) is 28.9 Å². The van der Waals surface area contributed by atoms with Gasteiger partial charge in [0, 0.05) is 10.0 Å². The van der Waals surface area contributed by atoms with Gasteiger partial charge in [0.05, 0.1) is 18.6 Å². The molecule has 0 spiro atoms. The van der Waals surface area contributed by atoms with Gasteiger partial charge in [0.1, 0.15) is 0 Å². The second-order valence-corrected chi connectivity index (χ2v) is 4.40. The Bertz CT molecular complexity index is 451. The van der Waals surface area contributed by atoms with Crippen LogP contribution in [0.3, 0.4) is 0 Å². The summed E-state index contributed by atoms with van der Waals surface area (Å²) in [5.74, 6) is 0. The van der Waals surface area contributed by atoms with Crippen LogP contribution in [0.15, 0.2) is 45.7 Å². The molecule has 78 valence electrons. The minimum absolute atomic E-state index is 0.115. The van der Waals surface area contributed by atoms with Crippen LogP contribution >= 0.6 is 15.9 Å². The molecular weight excluding hydrogens is 254 g/mol. The van der Waals surface area contributed by atoms with Crippen molar-refractivity contribution in [2.24, 2.45) is 5.73 Å². The Balaban J connectivity index is 2.34. The summed E-state index contributed by atoms with van der Waals surface area (Å²) in [4.78, 5) is 0. The molecule has 0 aliphatic heterocycles. The predicted octanol–water partition coefficient (Wildman–Crippen LogP) is 3.40. The molecule has 0 fully saturated rings. The maximum atomic E-state index is 6.10. The molecule has 1 heterocycles. The second-order valence-electron chi connectivity index (χ2n) is 3.54. The van der Waals surface area contributed by atoms with Crippen molar-refractivity contribution < 1.29 is 4.42 Å². The van der Waals surface area contributed by atoms with Crippen LogP contribution in [0.5, 0.6) is 0 Å². The first-order valence-corrected chi connectivity index (χ1v) is 5.51. The van der Waals surface area contributed by atoms with Gasteiger partial charge in [0.2, 0.25) is 0 Å². The van der Waals surface area contributed by atoms with Gasteiger partial charge in [-0.15, -0.1) is 0 Å². The van der Waals surface area contributed by atoms with E-state index in [-0.39, 0.29) is 6.04 Å². The van der Waals surface area contributed by atoms with E-state index >= 15 is 0 Å². The Labute approximate surface area is 97.2 Å². The van der Waals surface area contributed by atoms with Crippen molar-refractivity contribution in [3.63, 3.8) is 0 Å². The number of halogens is 1. The fourth-order valence-electron chi connectivity index (χ4n) is 1.51. The Morgan fingerprint density at radius 3 is 2.67 bits per heavy atom. The Morgan fingerprint density at radius 1 is 1.27 bits per heavy atom. The summed E-state index contributed by atoms with van der Waals surface area (Å²) in [5, 5.41) is 0. The average molecular weight is 266 g/mol. The number of furan rings is 1. The minimum Gasteiger partial charge on any atom is -0.472 e. The lowest BCUT2D eigenvalue weighted by molar-refractivity contribution is 0.562. The molecule has 0 aliphatic carbocycles. The van der Waals surface area contributed by atoms with Gasteiger partial charge >= 0.3 is 0 Å². The second kappa shape index (κ2) is 4.21. The van der Waals surface area contributed by atoms with Crippen molar-refractivity contribution in [2.75, 3.05) is 0 Å². The monoisotopic (exact) mass is 265 g/mol. The summed E-state index contributed by atoms with van der Waals surface area (Å²) in [5.41, 5.74) is 9.38. The number of hydrogen-bond donors (Lipinski definition) is 1. The largest absolute Gasteiger partial charge is 0.472 e. The van der Waals surface area contributed by atoms with Crippen LogP contribution in [-0.4, -0.2) is 0 Å². The molecule has 0 aliphatic rings. The van der Waals surface area contributed by atoms with Crippen LogP contribution < -0.4 is 5.73 Å². The topological polar surface area (TPSA) is 39.2 Å². The summed E-state index contributed by atoms with van der Waals surface area (Å²) in [6, 6.07) is 7.90. The molecule has 3 heteroatoms. The third kappa shape index (κ3) is 2.13. The van der Waals surface area contributed by atoms with Crippen LogP contribution in [0.25, 0.3) is 0 Å². The first kappa shape index (κ1) is 10.5. The van der Waals surface area contributed by atoms with E-state index in [1.807, 2.05) is 18.2 Å². The van der Waals surface area contributed by atoms with E-state index in [1.54, 1.807) is 12.5 Å². The van der Waals surface area contributed by atoms with Crippen LogP contribution in [0.1, 0.15) is 22.7 Å². The maximum Gasteiger partial charge on any atom is 0.0953 e. The molecule has 0 saturated carbocycles. The molecule has 2 N–H and O–H groups in total. The molecule has 2 nitrogen and oxygen atoms in total. The molecular formula is C12H12BrNO. The van der Waals surface area contributed by atoms with Crippen molar-refractivity contribution in [3.8, 4) is 0 Å². The van der Waals surface area contributed by atoms with E-state index in [9.17, 15) is 0 Å². The highest BCUT2D eigenvalue weighted by molar-refractivity contribution is 9.10. The Kier molecular flexibility index (Phi) is 2.93. The fourth-order valence-corrected chi connectivity index (χ4v) is 1.75. The van der Waals surface area contributed by atoms with Gasteiger partial charge in [-0.3, -0.25) is 0 Å². The van der Waals surface area contributed by atoms with Crippen molar-refractivity contribution in [1.29, 1.82) is 0 Å². The molecule has 1 aromatic heterocycles. The first-order chi connectivity index (χ1) is 7.18. The van der Waals surface area contributed by atoms with Gasteiger partial charge in [-0.25, -0.2) is 0 Å². The smallest absolute Gasteiger partial charge is 0.0953 e. The van der Waals surface area contributed by atoms with Crippen LogP contribution in [0.2, 0.25) is 0 Å². The number of aryl methyl sites for hydroxylation is 1. The number of hydrogen-bond acceptors (Lipinski definition) is 2. The van der Waals surface area contributed by atoms with Crippen molar-refractivity contribution in [2.45, 2.75) is 13.0 Å². The number of benzene rings is 1. The van der Waals surface area contributed by atoms with Crippen LogP contribution in [0.4, 0.5) is 0 Å². The van der Waals surface area contributed by atoms with Crippen molar-refractivity contribution >= 4 is 15.9 Å². The highest BCUT2D eigenvalue weighted by Crippen LogP contribution is 2.24. The third-order valence-electron chi connectivity index (χ3n) is 2.44. The van der Waals surface area contributed by atoms with Crippen molar-refractivity contribution in [1.82, 2.24) is 0 Å². The van der Waals surface area contributed by atoms with Crippen LogP contribution in [-0.2, 0) is 0 Å². The fraction of sp³-hybridized carbons (Fsp3) is 0.167. The molecule has 0 amide bonds. The highest BCUT2D eigenvalue weighted by atomic mass is 79.9. The molecule has 1 atom stereocenters. The quantitative estimate of drug-likeness (QED) is 0.904. The van der Waals surface area contributed by atoms with Gasteiger partial charge in [0.25, 0.3) is 0 Å². The molecule has 1 aromatic carbocycles.